The Bertz CT molecular complexity index is 992. The summed E-state index contributed by atoms with van der Waals surface area (Å²) in [6.45, 7) is 6.21. The van der Waals surface area contributed by atoms with Crippen LogP contribution in [-0.2, 0) is 19.6 Å². The smallest absolute Gasteiger partial charge is 0.248 e. The first-order chi connectivity index (χ1) is 17.5. The molecule has 0 N–H and O–H groups in total. The number of hydrogen-bond acceptors (Lipinski definition) is 6. The molecule has 1 amide bonds. The molecule has 1 aromatic rings. The van der Waals surface area contributed by atoms with Crippen molar-refractivity contribution >= 4 is 15.9 Å². The highest BCUT2D eigenvalue weighted by Crippen LogP contribution is 2.37. The predicted octanol–water partition coefficient (Wildman–Crippen LogP) is 3.70. The van der Waals surface area contributed by atoms with E-state index < -0.39 is 10.0 Å². The van der Waals surface area contributed by atoms with Gasteiger partial charge < -0.3 is 19.3 Å². The van der Waals surface area contributed by atoms with Crippen LogP contribution in [0.1, 0.15) is 56.1 Å². The summed E-state index contributed by atoms with van der Waals surface area (Å²) in [5.41, 5.74) is 1.28. The third-order valence-corrected chi connectivity index (χ3v) is 10.6. The Morgan fingerprint density at radius 1 is 1.03 bits per heavy atom. The van der Waals surface area contributed by atoms with E-state index in [1.54, 1.807) is 40.1 Å². The summed E-state index contributed by atoms with van der Waals surface area (Å²) in [5.74, 6) is 2.07. The molecular weight excluding hydrogens is 490 g/mol. The van der Waals surface area contributed by atoms with Gasteiger partial charge in [-0.3, -0.25) is 4.79 Å². The van der Waals surface area contributed by atoms with Crippen molar-refractivity contribution in [1.29, 1.82) is 0 Å². The standard InChI is InChI=1S/C28H47N3O5S/c1-21-17-26(35-6)18-22(2)28(21)37(33,34)30(4)15-16-36-20-27(32)31(5)25-11-7-9-24(19-25)23-10-8-13-29(3)14-12-23/h17-18,23-25H,7-16,19-20H2,1-6H3/t23?,24-,25-/m1/s1. The molecule has 3 atom stereocenters. The second-order valence-electron chi connectivity index (χ2n) is 11.0. The molecule has 1 saturated heterocycles. The molecule has 1 saturated carbocycles. The fraction of sp³-hybridized carbons (Fsp3) is 0.750. The fourth-order valence-corrected chi connectivity index (χ4v) is 7.65. The van der Waals surface area contributed by atoms with Gasteiger partial charge in [0.2, 0.25) is 15.9 Å². The molecule has 1 aliphatic heterocycles. The van der Waals surface area contributed by atoms with E-state index in [0.29, 0.717) is 27.7 Å². The van der Waals surface area contributed by atoms with Gasteiger partial charge in [0.05, 0.1) is 18.6 Å². The average Bonchev–Trinajstić information content (AvgIpc) is 3.09. The normalized spacial score (nSPS) is 23.6. The molecule has 0 spiro atoms. The van der Waals surface area contributed by atoms with Crippen molar-refractivity contribution in [2.45, 2.75) is 69.7 Å². The van der Waals surface area contributed by atoms with Gasteiger partial charge in [-0.05, 0) is 101 Å². The first-order valence-corrected chi connectivity index (χ1v) is 15.1. The summed E-state index contributed by atoms with van der Waals surface area (Å²) in [5, 5.41) is 0. The van der Waals surface area contributed by atoms with Gasteiger partial charge in [-0.1, -0.05) is 12.8 Å². The van der Waals surface area contributed by atoms with Crippen LogP contribution in [-0.4, -0.2) is 95.6 Å². The molecule has 1 heterocycles. The van der Waals surface area contributed by atoms with Crippen LogP contribution < -0.4 is 4.74 Å². The second-order valence-corrected chi connectivity index (χ2v) is 13.0. The van der Waals surface area contributed by atoms with Crippen LogP contribution in [0, 0.1) is 25.7 Å². The molecule has 2 fully saturated rings. The van der Waals surface area contributed by atoms with Crippen molar-refractivity contribution < 1.29 is 22.7 Å². The third kappa shape index (κ3) is 7.68. The van der Waals surface area contributed by atoms with Crippen LogP contribution in [0.2, 0.25) is 0 Å². The summed E-state index contributed by atoms with van der Waals surface area (Å²) in [6, 6.07) is 3.71. The highest BCUT2D eigenvalue weighted by molar-refractivity contribution is 7.89. The van der Waals surface area contributed by atoms with Gasteiger partial charge in [0.15, 0.2) is 0 Å². The Hall–Kier alpha value is -1.68. The van der Waals surface area contributed by atoms with Gasteiger partial charge >= 0.3 is 0 Å². The number of ether oxygens (including phenoxy) is 2. The molecule has 0 bridgehead atoms. The lowest BCUT2D eigenvalue weighted by molar-refractivity contribution is -0.138. The van der Waals surface area contributed by atoms with Gasteiger partial charge in [-0.25, -0.2) is 8.42 Å². The molecule has 37 heavy (non-hydrogen) atoms. The van der Waals surface area contributed by atoms with Crippen LogP contribution in [0.15, 0.2) is 17.0 Å². The topological polar surface area (TPSA) is 79.4 Å². The third-order valence-electron chi connectivity index (χ3n) is 8.41. The number of aryl methyl sites for hydroxylation is 2. The number of nitrogens with zero attached hydrogens (tertiary/aromatic N) is 3. The average molecular weight is 538 g/mol. The molecule has 3 rings (SSSR count). The lowest BCUT2D eigenvalue weighted by Crippen LogP contribution is -2.43. The van der Waals surface area contributed by atoms with E-state index in [1.807, 2.05) is 11.9 Å². The maximum atomic E-state index is 13.2. The molecule has 2 aliphatic rings. The number of carbonyl (C=O) groups excluding carboxylic acids is 1. The van der Waals surface area contributed by atoms with Crippen LogP contribution in [0.4, 0.5) is 0 Å². The van der Waals surface area contributed by atoms with Gasteiger partial charge in [0.25, 0.3) is 0 Å². The minimum absolute atomic E-state index is 0.0274. The number of sulfonamides is 1. The van der Waals surface area contributed by atoms with Gasteiger partial charge in [-0.2, -0.15) is 4.31 Å². The van der Waals surface area contributed by atoms with Crippen LogP contribution >= 0.6 is 0 Å². The Morgan fingerprint density at radius 2 is 1.70 bits per heavy atom. The van der Waals surface area contributed by atoms with E-state index in [9.17, 15) is 13.2 Å². The molecule has 8 nitrogen and oxygen atoms in total. The van der Waals surface area contributed by atoms with E-state index in [0.717, 1.165) is 18.8 Å². The molecule has 1 unspecified atom stereocenters. The number of methoxy groups -OCH3 is 1. The highest BCUT2D eigenvalue weighted by atomic mass is 32.2. The van der Waals surface area contributed by atoms with Gasteiger partial charge in [0.1, 0.15) is 12.4 Å². The second kappa shape index (κ2) is 13.4. The van der Waals surface area contributed by atoms with Crippen molar-refractivity contribution in [3.8, 4) is 5.75 Å². The number of amides is 1. The summed E-state index contributed by atoms with van der Waals surface area (Å²) >= 11 is 0. The van der Waals surface area contributed by atoms with E-state index in [-0.39, 0.29) is 31.7 Å². The van der Waals surface area contributed by atoms with Crippen molar-refractivity contribution in [2.75, 3.05) is 61.1 Å². The van der Waals surface area contributed by atoms with Crippen LogP contribution in [0.25, 0.3) is 0 Å². The minimum atomic E-state index is -3.68. The molecule has 0 aromatic heterocycles. The van der Waals surface area contributed by atoms with Crippen molar-refractivity contribution in [1.82, 2.24) is 14.1 Å². The van der Waals surface area contributed by atoms with Crippen molar-refractivity contribution in [3.05, 3.63) is 23.3 Å². The van der Waals surface area contributed by atoms with E-state index in [2.05, 4.69) is 11.9 Å². The molecule has 1 aromatic carbocycles. The van der Waals surface area contributed by atoms with Crippen molar-refractivity contribution in [2.24, 2.45) is 11.8 Å². The quantitative estimate of drug-likeness (QED) is 0.424. The number of hydrogen-bond donors (Lipinski definition) is 0. The summed E-state index contributed by atoms with van der Waals surface area (Å²) in [6.07, 6.45) is 8.41. The monoisotopic (exact) mass is 537 g/mol. The summed E-state index contributed by atoms with van der Waals surface area (Å²) in [7, 11) is 3.53. The number of rotatable bonds is 10. The molecular formula is C28H47N3O5S. The van der Waals surface area contributed by atoms with Gasteiger partial charge in [-0.15, -0.1) is 0 Å². The Balaban J connectivity index is 1.47. The zero-order valence-corrected chi connectivity index (χ0v) is 24.5. The summed E-state index contributed by atoms with van der Waals surface area (Å²) < 4.78 is 38.5. The lowest BCUT2D eigenvalue weighted by Gasteiger charge is -2.38. The molecule has 0 radical (unpaired) electrons. The first-order valence-electron chi connectivity index (χ1n) is 13.7. The van der Waals surface area contributed by atoms with Crippen LogP contribution in [0.5, 0.6) is 5.75 Å². The minimum Gasteiger partial charge on any atom is -0.497 e. The van der Waals surface area contributed by atoms with E-state index in [1.165, 1.54) is 49.5 Å². The van der Waals surface area contributed by atoms with Crippen LogP contribution in [0.3, 0.4) is 0 Å². The molecule has 210 valence electrons. The summed E-state index contributed by atoms with van der Waals surface area (Å²) in [4.78, 5) is 17.5. The Labute approximate surface area is 224 Å². The predicted molar refractivity (Wildman–Crippen MR) is 146 cm³/mol. The Kier molecular flexibility index (Phi) is 10.8. The van der Waals surface area contributed by atoms with Gasteiger partial charge in [0, 0.05) is 26.7 Å². The van der Waals surface area contributed by atoms with E-state index >= 15 is 0 Å². The lowest BCUT2D eigenvalue weighted by atomic mass is 9.75. The molecule has 9 heteroatoms. The number of likely N-dealkylation sites (tertiary alicyclic amines) is 1. The Morgan fingerprint density at radius 3 is 2.38 bits per heavy atom. The highest BCUT2D eigenvalue weighted by Gasteiger charge is 2.32. The number of likely N-dealkylation sites (N-methyl/N-ethyl adjacent to an activating group) is 2. The SMILES string of the molecule is COc1cc(C)c(S(=O)(=O)N(C)CCOCC(=O)N(C)[C@@H]2CCC[C@@H](C3CCCN(C)CC3)C2)c(C)c1. The zero-order chi connectivity index (χ0) is 27.2. The molecule has 1 aliphatic carbocycles. The zero-order valence-electron chi connectivity index (χ0n) is 23.7. The maximum Gasteiger partial charge on any atom is 0.248 e. The maximum absolute atomic E-state index is 13.2. The van der Waals surface area contributed by atoms with Crippen molar-refractivity contribution in [3.63, 3.8) is 0 Å². The largest absolute Gasteiger partial charge is 0.497 e. The number of carbonyl (C=O) groups is 1. The first kappa shape index (κ1) is 29.9. The van der Waals surface area contributed by atoms with E-state index in [4.69, 9.17) is 9.47 Å². The fourth-order valence-electron chi connectivity index (χ4n) is 6.09. The number of benzene rings is 1.